The van der Waals surface area contributed by atoms with Gasteiger partial charge in [-0.25, -0.2) is 4.79 Å². The molecule has 2 heterocycles. The summed E-state index contributed by atoms with van der Waals surface area (Å²) in [7, 11) is 4.79. The molecule has 1 amide bonds. The van der Waals surface area contributed by atoms with E-state index in [1.165, 1.54) is 18.9 Å². The molecule has 4 rings (SSSR count). The van der Waals surface area contributed by atoms with E-state index in [1.54, 1.807) is 25.1 Å². The lowest BCUT2D eigenvalue weighted by atomic mass is 10.1. The molecule has 152 valence electrons. The van der Waals surface area contributed by atoms with Crippen LogP contribution in [0.1, 0.15) is 21.5 Å². The van der Waals surface area contributed by atoms with Crippen LogP contribution < -0.4 is 0 Å². The van der Waals surface area contributed by atoms with Crippen molar-refractivity contribution in [1.82, 2.24) is 9.47 Å². The van der Waals surface area contributed by atoms with Crippen molar-refractivity contribution in [2.75, 3.05) is 21.2 Å². The van der Waals surface area contributed by atoms with Crippen molar-refractivity contribution in [3.8, 4) is 0 Å². The number of aromatic nitrogens is 1. The van der Waals surface area contributed by atoms with Crippen molar-refractivity contribution < 1.29 is 14.3 Å². The lowest BCUT2D eigenvalue weighted by Crippen LogP contribution is -2.23. The number of rotatable bonds is 4. The molecule has 1 aromatic heterocycles. The SMILES string of the molecule is CN=C1SC(=Cc2cn(Cc3cccc(C(=O)OC)c3)c3ccccc23)C(=O)N1C. The molecule has 0 bridgehead atoms. The van der Waals surface area contributed by atoms with Gasteiger partial charge in [0.05, 0.1) is 17.6 Å². The Bertz CT molecular complexity index is 1210. The summed E-state index contributed by atoms with van der Waals surface area (Å²) in [5, 5.41) is 1.75. The highest BCUT2D eigenvalue weighted by molar-refractivity contribution is 8.18. The zero-order valence-electron chi connectivity index (χ0n) is 17.0. The summed E-state index contributed by atoms with van der Waals surface area (Å²) in [5.74, 6) is -0.405. The molecule has 1 aliphatic heterocycles. The number of fused-ring (bicyclic) bond motifs is 1. The summed E-state index contributed by atoms with van der Waals surface area (Å²) >= 11 is 1.38. The van der Waals surface area contributed by atoms with Crippen LogP contribution >= 0.6 is 11.8 Å². The fourth-order valence-corrected chi connectivity index (χ4v) is 4.44. The number of carbonyl (C=O) groups is 2. The summed E-state index contributed by atoms with van der Waals surface area (Å²) in [4.78, 5) is 30.8. The zero-order valence-corrected chi connectivity index (χ0v) is 17.8. The number of amides is 1. The Balaban J connectivity index is 1.73. The van der Waals surface area contributed by atoms with Crippen LogP contribution in [0.4, 0.5) is 0 Å². The predicted molar refractivity (Wildman–Crippen MR) is 121 cm³/mol. The Hall–Kier alpha value is -3.32. The molecule has 0 saturated carbocycles. The molecule has 6 nitrogen and oxygen atoms in total. The van der Waals surface area contributed by atoms with Crippen LogP contribution in [0.15, 0.2) is 64.6 Å². The minimum atomic E-state index is -0.353. The second-order valence-electron chi connectivity index (χ2n) is 6.90. The number of para-hydroxylation sites is 1. The van der Waals surface area contributed by atoms with E-state index in [2.05, 4.69) is 15.6 Å². The van der Waals surface area contributed by atoms with Gasteiger partial charge in [0.25, 0.3) is 5.91 Å². The molecule has 7 heteroatoms. The molecule has 1 aliphatic rings. The molecule has 30 heavy (non-hydrogen) atoms. The minimum Gasteiger partial charge on any atom is -0.465 e. The van der Waals surface area contributed by atoms with E-state index in [-0.39, 0.29) is 11.9 Å². The molecule has 0 atom stereocenters. The van der Waals surface area contributed by atoms with E-state index in [0.717, 1.165) is 22.0 Å². The fraction of sp³-hybridized carbons (Fsp3) is 0.174. The molecule has 3 aromatic rings. The van der Waals surface area contributed by atoms with Crippen molar-refractivity contribution in [3.63, 3.8) is 0 Å². The van der Waals surface area contributed by atoms with E-state index < -0.39 is 0 Å². The molecule has 1 fully saturated rings. The number of benzene rings is 2. The topological polar surface area (TPSA) is 63.9 Å². The van der Waals surface area contributed by atoms with Gasteiger partial charge in [-0.05, 0) is 41.6 Å². The number of nitrogens with zero attached hydrogens (tertiary/aromatic N) is 3. The summed E-state index contributed by atoms with van der Waals surface area (Å²) in [6.45, 7) is 0.594. The minimum absolute atomic E-state index is 0.0526. The third kappa shape index (κ3) is 3.64. The highest BCUT2D eigenvalue weighted by Gasteiger charge is 2.30. The lowest BCUT2D eigenvalue weighted by Gasteiger charge is -2.07. The number of hydrogen-bond acceptors (Lipinski definition) is 5. The Kier molecular flexibility index (Phi) is 5.46. The second kappa shape index (κ2) is 8.20. The van der Waals surface area contributed by atoms with Gasteiger partial charge in [-0.1, -0.05) is 30.3 Å². The first-order valence-electron chi connectivity index (χ1n) is 9.41. The van der Waals surface area contributed by atoms with Crippen molar-refractivity contribution in [1.29, 1.82) is 0 Å². The van der Waals surface area contributed by atoms with Crippen LogP contribution in [0.3, 0.4) is 0 Å². The highest BCUT2D eigenvalue weighted by atomic mass is 32.2. The molecule has 0 radical (unpaired) electrons. The maximum atomic E-state index is 12.5. The number of ether oxygens (including phenoxy) is 1. The molecular formula is C23H21N3O3S. The number of carbonyl (C=O) groups excluding carboxylic acids is 2. The van der Waals surface area contributed by atoms with Crippen molar-refractivity contribution in [2.24, 2.45) is 4.99 Å². The standard InChI is InChI=1S/C23H21N3O3S/c1-24-23-25(2)21(27)20(30-23)12-17-14-26(19-10-5-4-9-18(17)19)13-15-7-6-8-16(11-15)22(28)29-3/h4-12,14H,13H2,1-3H3. The number of amidine groups is 1. The highest BCUT2D eigenvalue weighted by Crippen LogP contribution is 2.33. The smallest absolute Gasteiger partial charge is 0.337 e. The van der Waals surface area contributed by atoms with Crippen molar-refractivity contribution in [3.05, 3.63) is 76.3 Å². The molecule has 0 aliphatic carbocycles. The summed E-state index contributed by atoms with van der Waals surface area (Å²) in [5.41, 5.74) is 3.54. The number of thioether (sulfide) groups is 1. The molecule has 2 aromatic carbocycles. The van der Waals surface area contributed by atoms with Crippen LogP contribution in [0.25, 0.3) is 17.0 Å². The van der Waals surface area contributed by atoms with Crippen molar-refractivity contribution >= 4 is 45.8 Å². The van der Waals surface area contributed by atoms with Gasteiger partial charge in [0.15, 0.2) is 5.17 Å². The fourth-order valence-electron chi connectivity index (χ4n) is 3.52. The van der Waals surface area contributed by atoms with Gasteiger partial charge < -0.3 is 9.30 Å². The maximum absolute atomic E-state index is 12.5. The Morgan fingerprint density at radius 3 is 2.73 bits per heavy atom. The van der Waals surface area contributed by atoms with E-state index in [9.17, 15) is 9.59 Å². The normalized spacial score (nSPS) is 16.8. The average Bonchev–Trinajstić information content (AvgIpc) is 3.25. The first-order valence-corrected chi connectivity index (χ1v) is 10.2. The summed E-state index contributed by atoms with van der Waals surface area (Å²) in [6.07, 6.45) is 3.96. The summed E-state index contributed by atoms with van der Waals surface area (Å²) < 4.78 is 6.95. The van der Waals surface area contributed by atoms with E-state index in [1.807, 2.05) is 48.7 Å². The lowest BCUT2D eigenvalue weighted by molar-refractivity contribution is -0.121. The number of aliphatic imine (C=N–C) groups is 1. The van der Waals surface area contributed by atoms with Gasteiger partial charge in [0, 0.05) is 43.3 Å². The molecule has 0 unspecified atom stereocenters. The van der Waals surface area contributed by atoms with E-state index >= 15 is 0 Å². The predicted octanol–water partition coefficient (Wildman–Crippen LogP) is 4.01. The number of hydrogen-bond donors (Lipinski definition) is 0. The van der Waals surface area contributed by atoms with Gasteiger partial charge in [-0.3, -0.25) is 14.7 Å². The largest absolute Gasteiger partial charge is 0.465 e. The van der Waals surface area contributed by atoms with Gasteiger partial charge >= 0.3 is 5.97 Å². The Labute approximate surface area is 178 Å². The first-order chi connectivity index (χ1) is 14.5. The maximum Gasteiger partial charge on any atom is 0.337 e. The quantitative estimate of drug-likeness (QED) is 0.474. The second-order valence-corrected chi connectivity index (χ2v) is 7.91. The number of likely N-dealkylation sites (N-methyl/N-ethyl adjacent to an activating group) is 1. The van der Waals surface area contributed by atoms with Crippen LogP contribution in [0.2, 0.25) is 0 Å². The zero-order chi connectivity index (χ0) is 21.3. The van der Waals surface area contributed by atoms with Crippen LogP contribution in [0, 0.1) is 0 Å². The Morgan fingerprint density at radius 1 is 1.20 bits per heavy atom. The van der Waals surface area contributed by atoms with Crippen LogP contribution in [0.5, 0.6) is 0 Å². The Morgan fingerprint density at radius 2 is 2.00 bits per heavy atom. The van der Waals surface area contributed by atoms with Gasteiger partial charge in [0.2, 0.25) is 0 Å². The first kappa shape index (κ1) is 20.0. The van der Waals surface area contributed by atoms with Crippen LogP contribution in [-0.4, -0.2) is 47.7 Å². The molecule has 0 N–H and O–H groups in total. The van der Waals surface area contributed by atoms with Crippen LogP contribution in [-0.2, 0) is 16.1 Å². The molecule has 1 saturated heterocycles. The molecular weight excluding hydrogens is 398 g/mol. The third-order valence-electron chi connectivity index (χ3n) is 5.00. The van der Waals surface area contributed by atoms with Crippen molar-refractivity contribution in [2.45, 2.75) is 6.54 Å². The van der Waals surface area contributed by atoms with E-state index in [4.69, 9.17) is 4.74 Å². The third-order valence-corrected chi connectivity index (χ3v) is 6.15. The summed E-state index contributed by atoms with van der Waals surface area (Å²) in [6, 6.07) is 15.5. The number of methoxy groups -OCH3 is 1. The van der Waals surface area contributed by atoms with Gasteiger partial charge in [-0.2, -0.15) is 0 Å². The monoisotopic (exact) mass is 419 g/mol. The molecule has 0 spiro atoms. The van der Waals surface area contributed by atoms with E-state index in [0.29, 0.717) is 22.2 Å². The van der Waals surface area contributed by atoms with Gasteiger partial charge in [-0.15, -0.1) is 0 Å². The number of esters is 1. The van der Waals surface area contributed by atoms with Gasteiger partial charge in [0.1, 0.15) is 0 Å². The average molecular weight is 420 g/mol.